The summed E-state index contributed by atoms with van der Waals surface area (Å²) in [5.41, 5.74) is 1.58. The van der Waals surface area contributed by atoms with Crippen molar-refractivity contribution < 1.29 is 9.53 Å². The van der Waals surface area contributed by atoms with Crippen LogP contribution in [-0.2, 0) is 11.3 Å². The molecule has 1 amide bonds. The van der Waals surface area contributed by atoms with E-state index in [0.717, 1.165) is 11.4 Å². The Morgan fingerprint density at radius 2 is 2.09 bits per heavy atom. The molecule has 0 fully saturated rings. The fourth-order valence-corrected chi connectivity index (χ4v) is 2.20. The van der Waals surface area contributed by atoms with Crippen molar-refractivity contribution in [2.24, 2.45) is 0 Å². The largest absolute Gasteiger partial charge is 0.479 e. The molecule has 0 aliphatic rings. The molecule has 2 rings (SSSR count). The second-order valence-corrected chi connectivity index (χ2v) is 5.55. The molecule has 22 heavy (non-hydrogen) atoms. The lowest BCUT2D eigenvalue weighted by Crippen LogP contribution is -2.36. The first-order chi connectivity index (χ1) is 10.5. The summed E-state index contributed by atoms with van der Waals surface area (Å²) in [5.74, 6) is 0.147. The fourth-order valence-electron chi connectivity index (χ4n) is 1.74. The molecule has 1 aromatic heterocycles. The highest BCUT2D eigenvalue weighted by Gasteiger charge is 2.16. The zero-order valence-electron chi connectivity index (χ0n) is 12.1. The topological polar surface area (TPSA) is 64.1 Å². The molecule has 0 saturated heterocycles. The third kappa shape index (κ3) is 4.58. The number of nitrogens with zero attached hydrogens (tertiary/aromatic N) is 2. The monoisotopic (exact) mass is 339 g/mol. The Kier molecular flexibility index (Phi) is 5.57. The smallest absolute Gasteiger partial charge is 0.261 e. The van der Waals surface area contributed by atoms with Crippen LogP contribution in [0.3, 0.4) is 0 Å². The van der Waals surface area contributed by atoms with E-state index < -0.39 is 6.10 Å². The number of hydrogen-bond acceptors (Lipinski definition) is 4. The minimum atomic E-state index is -0.693. The van der Waals surface area contributed by atoms with E-state index in [4.69, 9.17) is 27.9 Å². The van der Waals surface area contributed by atoms with E-state index in [9.17, 15) is 4.79 Å². The molecule has 0 aliphatic carbocycles. The van der Waals surface area contributed by atoms with Crippen molar-refractivity contribution in [3.05, 3.63) is 52.0 Å². The number of amides is 1. The lowest BCUT2D eigenvalue weighted by Gasteiger charge is -2.15. The van der Waals surface area contributed by atoms with Crippen LogP contribution in [0.5, 0.6) is 5.75 Å². The number of ether oxygens (including phenoxy) is 1. The van der Waals surface area contributed by atoms with E-state index >= 15 is 0 Å². The van der Waals surface area contributed by atoms with Crippen LogP contribution in [0.4, 0.5) is 0 Å². The number of benzene rings is 1. The van der Waals surface area contributed by atoms with Gasteiger partial charge in [0.1, 0.15) is 12.1 Å². The maximum absolute atomic E-state index is 12.0. The molecule has 1 heterocycles. The molecule has 116 valence electrons. The third-order valence-corrected chi connectivity index (χ3v) is 3.40. The second kappa shape index (κ2) is 7.42. The predicted octanol–water partition coefficient (Wildman–Crippen LogP) is 3.18. The van der Waals surface area contributed by atoms with Gasteiger partial charge in [-0.3, -0.25) is 4.79 Å². The summed E-state index contributed by atoms with van der Waals surface area (Å²) in [6.45, 7) is 3.82. The Morgan fingerprint density at radius 3 is 2.77 bits per heavy atom. The first-order valence-corrected chi connectivity index (χ1v) is 7.38. The zero-order valence-corrected chi connectivity index (χ0v) is 13.6. The minimum absolute atomic E-state index is 0.262. The summed E-state index contributed by atoms with van der Waals surface area (Å²) in [6.07, 6.45) is 0.770. The molecule has 1 aromatic carbocycles. The van der Waals surface area contributed by atoms with E-state index in [2.05, 4.69) is 15.3 Å². The number of aromatic nitrogens is 2. The number of carbonyl (C=O) groups excluding carboxylic acids is 1. The van der Waals surface area contributed by atoms with Gasteiger partial charge in [-0.05, 0) is 38.1 Å². The Bertz CT molecular complexity index is 680. The van der Waals surface area contributed by atoms with E-state index in [-0.39, 0.29) is 5.91 Å². The lowest BCUT2D eigenvalue weighted by atomic mass is 10.3. The third-order valence-electron chi connectivity index (χ3n) is 2.87. The summed E-state index contributed by atoms with van der Waals surface area (Å²) in [7, 11) is 0. The highest BCUT2D eigenvalue weighted by molar-refractivity contribution is 6.35. The predicted molar refractivity (Wildman–Crippen MR) is 85.2 cm³/mol. The lowest BCUT2D eigenvalue weighted by molar-refractivity contribution is -0.127. The van der Waals surface area contributed by atoms with Gasteiger partial charge in [0.25, 0.3) is 5.91 Å². The van der Waals surface area contributed by atoms with Gasteiger partial charge in [-0.15, -0.1) is 0 Å². The van der Waals surface area contributed by atoms with Crippen LogP contribution in [0.15, 0.2) is 30.6 Å². The van der Waals surface area contributed by atoms with E-state index in [1.165, 1.54) is 6.33 Å². The average Bonchev–Trinajstić information content (AvgIpc) is 2.47. The highest BCUT2D eigenvalue weighted by Crippen LogP contribution is 2.28. The summed E-state index contributed by atoms with van der Waals surface area (Å²) in [5, 5.41) is 3.62. The number of aryl methyl sites for hydroxylation is 1. The Balaban J connectivity index is 1.92. The molecule has 1 N–H and O–H groups in total. The van der Waals surface area contributed by atoms with Crippen molar-refractivity contribution in [1.82, 2.24) is 15.3 Å². The van der Waals surface area contributed by atoms with E-state index in [0.29, 0.717) is 22.3 Å². The summed E-state index contributed by atoms with van der Waals surface area (Å²) < 4.78 is 5.54. The Morgan fingerprint density at radius 1 is 1.32 bits per heavy atom. The molecule has 7 heteroatoms. The molecule has 0 bridgehead atoms. The van der Waals surface area contributed by atoms with Gasteiger partial charge in [0.15, 0.2) is 6.10 Å². The SMILES string of the molecule is Cc1cc(CNC(=O)C(C)Oc2ccc(Cl)cc2Cl)ncn1. The highest BCUT2D eigenvalue weighted by atomic mass is 35.5. The minimum Gasteiger partial charge on any atom is -0.479 e. The molecule has 2 aromatic rings. The zero-order chi connectivity index (χ0) is 16.1. The number of rotatable bonds is 5. The molecule has 1 atom stereocenters. The number of halogens is 2. The van der Waals surface area contributed by atoms with Crippen LogP contribution in [0.2, 0.25) is 10.0 Å². The molecular weight excluding hydrogens is 325 g/mol. The van der Waals surface area contributed by atoms with Crippen molar-refractivity contribution in [3.8, 4) is 5.75 Å². The van der Waals surface area contributed by atoms with E-state index in [1.54, 1.807) is 25.1 Å². The molecular formula is C15H15Cl2N3O2. The van der Waals surface area contributed by atoms with Gasteiger partial charge >= 0.3 is 0 Å². The molecule has 5 nitrogen and oxygen atoms in total. The van der Waals surface area contributed by atoms with Crippen molar-refractivity contribution in [1.29, 1.82) is 0 Å². The summed E-state index contributed by atoms with van der Waals surface area (Å²) in [6, 6.07) is 6.65. The number of carbonyl (C=O) groups is 1. The first-order valence-electron chi connectivity index (χ1n) is 6.62. The van der Waals surface area contributed by atoms with Gasteiger partial charge in [0, 0.05) is 10.7 Å². The van der Waals surface area contributed by atoms with Crippen LogP contribution >= 0.6 is 23.2 Å². The maximum atomic E-state index is 12.0. The van der Waals surface area contributed by atoms with Crippen LogP contribution < -0.4 is 10.1 Å². The van der Waals surface area contributed by atoms with E-state index in [1.807, 2.05) is 13.0 Å². The second-order valence-electron chi connectivity index (χ2n) is 4.70. The standard InChI is InChI=1S/C15H15Cl2N3O2/c1-9-5-12(20-8-19-9)7-18-15(21)10(2)22-14-4-3-11(16)6-13(14)17/h3-6,8,10H,7H2,1-2H3,(H,18,21). The number of nitrogens with one attached hydrogen (secondary N) is 1. The summed E-state index contributed by atoms with van der Waals surface area (Å²) >= 11 is 11.8. The molecule has 0 saturated carbocycles. The molecule has 0 spiro atoms. The normalized spacial score (nSPS) is 11.8. The maximum Gasteiger partial charge on any atom is 0.261 e. The van der Waals surface area contributed by atoms with Gasteiger partial charge < -0.3 is 10.1 Å². The van der Waals surface area contributed by atoms with Crippen LogP contribution in [0.25, 0.3) is 0 Å². The molecule has 0 radical (unpaired) electrons. The average molecular weight is 340 g/mol. The first kappa shape index (κ1) is 16.5. The van der Waals surface area contributed by atoms with Gasteiger partial charge in [-0.25, -0.2) is 9.97 Å². The van der Waals surface area contributed by atoms with Crippen LogP contribution in [-0.4, -0.2) is 22.0 Å². The fraction of sp³-hybridized carbons (Fsp3) is 0.267. The van der Waals surface area contributed by atoms with Crippen molar-refractivity contribution in [2.75, 3.05) is 0 Å². The molecule has 1 unspecified atom stereocenters. The van der Waals surface area contributed by atoms with Crippen LogP contribution in [0, 0.1) is 6.92 Å². The Labute approximate surface area is 138 Å². The van der Waals surface area contributed by atoms with Crippen molar-refractivity contribution in [2.45, 2.75) is 26.5 Å². The summed E-state index contributed by atoms with van der Waals surface area (Å²) in [4.78, 5) is 20.1. The van der Waals surface area contributed by atoms with Gasteiger partial charge in [-0.1, -0.05) is 23.2 Å². The Hall–Kier alpha value is -1.85. The van der Waals surface area contributed by atoms with Gasteiger partial charge in [-0.2, -0.15) is 0 Å². The molecule has 0 aliphatic heterocycles. The van der Waals surface area contributed by atoms with Crippen molar-refractivity contribution >= 4 is 29.1 Å². The van der Waals surface area contributed by atoms with Gasteiger partial charge in [0.05, 0.1) is 17.3 Å². The van der Waals surface area contributed by atoms with Gasteiger partial charge in [0.2, 0.25) is 0 Å². The number of hydrogen-bond donors (Lipinski definition) is 1. The van der Waals surface area contributed by atoms with Crippen LogP contribution in [0.1, 0.15) is 18.3 Å². The quantitative estimate of drug-likeness (QED) is 0.908. The van der Waals surface area contributed by atoms with Crippen molar-refractivity contribution in [3.63, 3.8) is 0 Å².